The van der Waals surface area contributed by atoms with Crippen molar-refractivity contribution in [3.63, 3.8) is 0 Å². The number of hydrogen-bond donors (Lipinski definition) is 1. The van der Waals surface area contributed by atoms with E-state index in [0.29, 0.717) is 12.5 Å². The molecule has 0 aliphatic carbocycles. The third kappa shape index (κ3) is 2.57. The second kappa shape index (κ2) is 4.58. The van der Waals surface area contributed by atoms with Crippen molar-refractivity contribution in [3.8, 4) is 0 Å². The van der Waals surface area contributed by atoms with Gasteiger partial charge in [-0.15, -0.1) is 0 Å². The Kier molecular flexibility index (Phi) is 3.69. The number of nitrogens with zero attached hydrogens (tertiary/aromatic N) is 1. The molecule has 1 fully saturated rings. The van der Waals surface area contributed by atoms with Crippen LogP contribution in [0.3, 0.4) is 0 Å². The summed E-state index contributed by atoms with van der Waals surface area (Å²) in [4.78, 5) is 13.1. The molecule has 1 aliphatic heterocycles. The van der Waals surface area contributed by atoms with Gasteiger partial charge in [0.15, 0.2) is 0 Å². The van der Waals surface area contributed by atoms with Crippen LogP contribution >= 0.6 is 0 Å². The summed E-state index contributed by atoms with van der Waals surface area (Å²) in [6.07, 6.45) is 2.93. The minimum absolute atomic E-state index is 0.203. The van der Waals surface area contributed by atoms with E-state index in [-0.39, 0.29) is 12.4 Å². The third-order valence-electron chi connectivity index (χ3n) is 2.41. The molecule has 1 unspecified atom stereocenters. The number of rotatable bonds is 4. The van der Waals surface area contributed by atoms with E-state index in [1.807, 2.05) is 0 Å². The predicted molar refractivity (Wildman–Crippen MR) is 47.0 cm³/mol. The number of Topliss-reactive ketones (excluding diaryl/α,β-unsaturated/α-hetero) is 1. The van der Waals surface area contributed by atoms with Crippen LogP contribution in [0.4, 0.5) is 0 Å². The van der Waals surface area contributed by atoms with Crippen LogP contribution in [0.5, 0.6) is 0 Å². The van der Waals surface area contributed by atoms with E-state index in [1.165, 1.54) is 0 Å². The molecular weight excluding hydrogens is 154 g/mol. The van der Waals surface area contributed by atoms with Crippen LogP contribution in [-0.2, 0) is 4.79 Å². The van der Waals surface area contributed by atoms with Crippen molar-refractivity contribution in [2.45, 2.75) is 32.2 Å². The average Bonchev–Trinajstić information content (AvgIpc) is 2.37. The summed E-state index contributed by atoms with van der Waals surface area (Å²) in [6.45, 7) is 3.60. The molecule has 1 N–H and O–H groups in total. The Bertz CT molecular complexity index is 159. The summed E-state index contributed by atoms with van der Waals surface area (Å²) in [6, 6.07) is 0.398. The van der Waals surface area contributed by atoms with Gasteiger partial charge in [-0.3, -0.25) is 9.69 Å². The van der Waals surface area contributed by atoms with Gasteiger partial charge >= 0.3 is 0 Å². The van der Waals surface area contributed by atoms with Gasteiger partial charge in [0.05, 0.1) is 6.61 Å². The minimum Gasteiger partial charge on any atom is -0.395 e. The highest BCUT2D eigenvalue weighted by Gasteiger charge is 2.24. The molecule has 0 aromatic carbocycles. The molecule has 70 valence electrons. The molecule has 0 amide bonds. The Balaban J connectivity index is 2.35. The zero-order chi connectivity index (χ0) is 8.97. The lowest BCUT2D eigenvalue weighted by atomic mass is 10.1. The summed E-state index contributed by atoms with van der Waals surface area (Å²) >= 11 is 0. The molecule has 1 heterocycles. The third-order valence-corrected chi connectivity index (χ3v) is 2.41. The maximum Gasteiger partial charge on any atom is 0.131 e. The molecule has 0 saturated carbocycles. The van der Waals surface area contributed by atoms with Crippen LogP contribution in [0, 0.1) is 0 Å². The van der Waals surface area contributed by atoms with E-state index in [4.69, 9.17) is 5.11 Å². The van der Waals surface area contributed by atoms with Crippen molar-refractivity contribution >= 4 is 5.78 Å². The first kappa shape index (κ1) is 9.68. The van der Waals surface area contributed by atoms with Crippen molar-refractivity contribution < 1.29 is 9.90 Å². The molecule has 0 radical (unpaired) electrons. The van der Waals surface area contributed by atoms with Gasteiger partial charge in [0.25, 0.3) is 0 Å². The maximum absolute atomic E-state index is 10.9. The van der Waals surface area contributed by atoms with Crippen LogP contribution in [-0.4, -0.2) is 41.5 Å². The summed E-state index contributed by atoms with van der Waals surface area (Å²) in [7, 11) is 0. The Morgan fingerprint density at radius 3 is 3.00 bits per heavy atom. The lowest BCUT2D eigenvalue weighted by Crippen LogP contribution is -2.33. The summed E-state index contributed by atoms with van der Waals surface area (Å²) < 4.78 is 0. The number of aliphatic hydroxyl groups is 1. The molecule has 3 heteroatoms. The fraction of sp³-hybridized carbons (Fsp3) is 0.889. The molecule has 1 rings (SSSR count). The van der Waals surface area contributed by atoms with Crippen LogP contribution in [0.1, 0.15) is 26.2 Å². The molecule has 1 atom stereocenters. The quantitative estimate of drug-likeness (QED) is 0.666. The first-order valence-corrected chi connectivity index (χ1v) is 4.58. The second-order valence-electron chi connectivity index (χ2n) is 3.46. The minimum atomic E-state index is 0.203. The normalized spacial score (nSPS) is 24.7. The lowest BCUT2D eigenvalue weighted by Gasteiger charge is -2.22. The van der Waals surface area contributed by atoms with E-state index in [1.54, 1.807) is 6.92 Å². The Labute approximate surface area is 73.4 Å². The maximum atomic E-state index is 10.9. The summed E-state index contributed by atoms with van der Waals surface area (Å²) in [5, 5.41) is 8.75. The Morgan fingerprint density at radius 1 is 1.67 bits per heavy atom. The molecule has 1 saturated heterocycles. The molecule has 0 aromatic rings. The SMILES string of the molecule is CC(=O)CC1CCCN1CCO. The number of carbonyl (C=O) groups is 1. The largest absolute Gasteiger partial charge is 0.395 e. The Hall–Kier alpha value is -0.410. The van der Waals surface area contributed by atoms with Crippen LogP contribution in [0.15, 0.2) is 0 Å². The number of aliphatic hydroxyl groups excluding tert-OH is 1. The molecule has 3 nitrogen and oxygen atoms in total. The molecular formula is C9H17NO2. The van der Waals surface area contributed by atoms with Crippen LogP contribution < -0.4 is 0 Å². The number of β-amino-alcohol motifs (C(OH)–C–C–N with tert-alkyl or cyclic N) is 1. The van der Waals surface area contributed by atoms with Gasteiger partial charge < -0.3 is 5.11 Å². The molecule has 0 spiro atoms. The Morgan fingerprint density at radius 2 is 2.42 bits per heavy atom. The van der Waals surface area contributed by atoms with Gasteiger partial charge in [-0.05, 0) is 26.3 Å². The standard InChI is InChI=1S/C9H17NO2/c1-8(12)7-9-3-2-4-10(9)5-6-11/h9,11H,2-7H2,1H3. The van der Waals surface area contributed by atoms with Crippen molar-refractivity contribution in [1.29, 1.82) is 0 Å². The zero-order valence-corrected chi connectivity index (χ0v) is 7.62. The predicted octanol–water partition coefficient (Wildman–Crippen LogP) is 0.422. The molecule has 0 aromatic heterocycles. The highest BCUT2D eigenvalue weighted by molar-refractivity contribution is 5.76. The van der Waals surface area contributed by atoms with E-state index < -0.39 is 0 Å². The first-order valence-electron chi connectivity index (χ1n) is 4.58. The average molecular weight is 171 g/mol. The van der Waals surface area contributed by atoms with Crippen molar-refractivity contribution in [3.05, 3.63) is 0 Å². The van der Waals surface area contributed by atoms with E-state index >= 15 is 0 Å². The van der Waals surface area contributed by atoms with Gasteiger partial charge in [-0.25, -0.2) is 0 Å². The number of likely N-dealkylation sites (tertiary alicyclic amines) is 1. The topological polar surface area (TPSA) is 40.5 Å². The number of hydrogen-bond acceptors (Lipinski definition) is 3. The molecule has 12 heavy (non-hydrogen) atoms. The monoisotopic (exact) mass is 171 g/mol. The number of ketones is 1. The summed E-state index contributed by atoms with van der Waals surface area (Å²) in [5.41, 5.74) is 0. The second-order valence-corrected chi connectivity index (χ2v) is 3.46. The van der Waals surface area contributed by atoms with Crippen LogP contribution in [0.25, 0.3) is 0 Å². The lowest BCUT2D eigenvalue weighted by molar-refractivity contribution is -0.118. The van der Waals surface area contributed by atoms with Gasteiger partial charge in [0.1, 0.15) is 5.78 Å². The van der Waals surface area contributed by atoms with Crippen molar-refractivity contribution in [2.24, 2.45) is 0 Å². The fourth-order valence-corrected chi connectivity index (χ4v) is 1.88. The van der Waals surface area contributed by atoms with Crippen LogP contribution in [0.2, 0.25) is 0 Å². The van der Waals surface area contributed by atoms with Crippen molar-refractivity contribution in [2.75, 3.05) is 19.7 Å². The van der Waals surface area contributed by atoms with Gasteiger partial charge in [-0.1, -0.05) is 0 Å². The zero-order valence-electron chi connectivity index (χ0n) is 7.62. The van der Waals surface area contributed by atoms with Gasteiger partial charge in [0, 0.05) is 19.0 Å². The smallest absolute Gasteiger partial charge is 0.131 e. The highest BCUT2D eigenvalue weighted by Crippen LogP contribution is 2.19. The van der Waals surface area contributed by atoms with E-state index in [0.717, 1.165) is 25.9 Å². The van der Waals surface area contributed by atoms with E-state index in [2.05, 4.69) is 4.90 Å². The molecule has 0 bridgehead atoms. The van der Waals surface area contributed by atoms with E-state index in [9.17, 15) is 4.79 Å². The van der Waals surface area contributed by atoms with Gasteiger partial charge in [0.2, 0.25) is 0 Å². The summed E-state index contributed by atoms with van der Waals surface area (Å²) in [5.74, 6) is 0.254. The van der Waals surface area contributed by atoms with Crippen molar-refractivity contribution in [1.82, 2.24) is 4.90 Å². The molecule has 1 aliphatic rings. The highest BCUT2D eigenvalue weighted by atomic mass is 16.3. The fourth-order valence-electron chi connectivity index (χ4n) is 1.88. The first-order chi connectivity index (χ1) is 5.74. The number of carbonyl (C=O) groups excluding carboxylic acids is 1. The van der Waals surface area contributed by atoms with Gasteiger partial charge in [-0.2, -0.15) is 0 Å².